The van der Waals surface area contributed by atoms with E-state index in [4.69, 9.17) is 21.3 Å². The van der Waals surface area contributed by atoms with Gasteiger partial charge < -0.3 is 14.2 Å². The fourth-order valence-electron chi connectivity index (χ4n) is 4.46. The zero-order valence-electron chi connectivity index (χ0n) is 18.9. The minimum absolute atomic E-state index is 0.210. The number of aryl methyl sites for hydroxylation is 3. The Labute approximate surface area is 195 Å². The van der Waals surface area contributed by atoms with Gasteiger partial charge in [-0.25, -0.2) is 4.79 Å². The Hall–Kier alpha value is -3.52. The van der Waals surface area contributed by atoms with Crippen molar-refractivity contribution < 1.29 is 4.74 Å². The largest absolute Gasteiger partial charge is 0.495 e. The van der Waals surface area contributed by atoms with Crippen molar-refractivity contribution in [2.75, 3.05) is 18.6 Å². The molecule has 0 N–H and O–H groups in total. The normalized spacial score (nSPS) is 13.1. The van der Waals surface area contributed by atoms with E-state index in [0.717, 1.165) is 22.4 Å². The first kappa shape index (κ1) is 21.3. The number of methoxy groups -OCH3 is 1. The molecule has 1 aliphatic rings. The first-order valence-corrected chi connectivity index (χ1v) is 11.0. The summed E-state index contributed by atoms with van der Waals surface area (Å²) < 4.78 is 10.1. The van der Waals surface area contributed by atoms with E-state index >= 15 is 0 Å². The molecule has 3 heterocycles. The lowest BCUT2D eigenvalue weighted by atomic mass is 10.1. The van der Waals surface area contributed by atoms with Crippen LogP contribution in [0.3, 0.4) is 0 Å². The van der Waals surface area contributed by atoms with Crippen LogP contribution in [-0.4, -0.2) is 32.3 Å². The van der Waals surface area contributed by atoms with Crippen molar-refractivity contribution in [3.63, 3.8) is 0 Å². The average molecular weight is 466 g/mol. The lowest BCUT2D eigenvalue weighted by Crippen LogP contribution is -2.40. The molecule has 0 atom stereocenters. The van der Waals surface area contributed by atoms with E-state index in [1.807, 2.05) is 47.6 Å². The Balaban J connectivity index is 1.69. The molecule has 0 fully saturated rings. The molecule has 4 aromatic rings. The molecule has 0 unspecified atom stereocenters. The second kappa shape index (κ2) is 7.81. The smallest absolute Gasteiger partial charge is 0.332 e. The standard InChI is InChI=1S/C24H24ClN5O3/c1-14-5-6-15(2)16(11-14)13-30-22(31)20-21(27(3)24(30)32)26-23-28(9-10-29(20)23)18-12-17(25)7-8-19(18)33-4/h5-8,11-12H,9-10,13H2,1-4H3. The molecule has 0 spiro atoms. The van der Waals surface area contributed by atoms with Crippen molar-refractivity contribution >= 4 is 34.4 Å². The Morgan fingerprint density at radius 3 is 2.64 bits per heavy atom. The van der Waals surface area contributed by atoms with Crippen molar-refractivity contribution in [1.29, 1.82) is 0 Å². The van der Waals surface area contributed by atoms with E-state index in [0.29, 0.717) is 41.0 Å². The summed E-state index contributed by atoms with van der Waals surface area (Å²) in [7, 11) is 3.25. The van der Waals surface area contributed by atoms with Crippen molar-refractivity contribution in [1.82, 2.24) is 18.7 Å². The second-order valence-electron chi connectivity index (χ2n) is 8.37. The van der Waals surface area contributed by atoms with Gasteiger partial charge in [0.25, 0.3) is 5.56 Å². The summed E-state index contributed by atoms with van der Waals surface area (Å²) in [4.78, 5) is 33.4. The van der Waals surface area contributed by atoms with Crippen LogP contribution < -0.4 is 20.9 Å². The minimum Gasteiger partial charge on any atom is -0.495 e. The van der Waals surface area contributed by atoms with Gasteiger partial charge >= 0.3 is 5.69 Å². The summed E-state index contributed by atoms with van der Waals surface area (Å²) in [5.41, 5.74) is 3.87. The molecule has 5 rings (SSSR count). The molecule has 0 aliphatic carbocycles. The maximum Gasteiger partial charge on any atom is 0.332 e. The van der Waals surface area contributed by atoms with Crippen LogP contribution in [0.2, 0.25) is 5.02 Å². The van der Waals surface area contributed by atoms with Crippen LogP contribution in [0, 0.1) is 13.8 Å². The topological polar surface area (TPSA) is 74.3 Å². The number of hydrogen-bond acceptors (Lipinski definition) is 5. The van der Waals surface area contributed by atoms with Gasteiger partial charge in [0.1, 0.15) is 5.75 Å². The fraction of sp³-hybridized carbons (Fsp3) is 0.292. The molecule has 0 bridgehead atoms. The van der Waals surface area contributed by atoms with E-state index in [1.165, 1.54) is 9.13 Å². The molecule has 0 saturated heterocycles. The number of nitrogens with zero attached hydrogens (tertiary/aromatic N) is 5. The van der Waals surface area contributed by atoms with E-state index in [-0.39, 0.29) is 12.1 Å². The molecule has 0 saturated carbocycles. The minimum atomic E-state index is -0.392. The summed E-state index contributed by atoms with van der Waals surface area (Å²) in [6.07, 6.45) is 0. The molecule has 33 heavy (non-hydrogen) atoms. The van der Waals surface area contributed by atoms with Gasteiger partial charge in [-0.05, 0) is 43.2 Å². The lowest BCUT2D eigenvalue weighted by molar-refractivity contribution is 0.415. The van der Waals surface area contributed by atoms with Crippen LogP contribution in [0.25, 0.3) is 11.2 Å². The van der Waals surface area contributed by atoms with Crippen molar-refractivity contribution in [3.05, 3.63) is 78.9 Å². The number of halogens is 1. The molecule has 8 nitrogen and oxygen atoms in total. The molecule has 0 radical (unpaired) electrons. The SMILES string of the molecule is COc1ccc(Cl)cc1N1CCn2c1nc1c2c(=O)n(Cc2cc(C)ccc2C)c(=O)n1C. The third kappa shape index (κ3) is 3.33. The highest BCUT2D eigenvalue weighted by atomic mass is 35.5. The third-order valence-corrected chi connectivity index (χ3v) is 6.50. The zero-order valence-corrected chi connectivity index (χ0v) is 19.7. The Morgan fingerprint density at radius 1 is 1.09 bits per heavy atom. The summed E-state index contributed by atoms with van der Waals surface area (Å²) in [5.74, 6) is 1.24. The fourth-order valence-corrected chi connectivity index (χ4v) is 4.63. The number of imidazole rings is 1. The lowest BCUT2D eigenvalue weighted by Gasteiger charge is -2.19. The van der Waals surface area contributed by atoms with E-state index < -0.39 is 5.69 Å². The van der Waals surface area contributed by atoms with Gasteiger partial charge in [0.2, 0.25) is 5.95 Å². The van der Waals surface area contributed by atoms with E-state index in [1.54, 1.807) is 26.3 Å². The summed E-state index contributed by atoms with van der Waals surface area (Å²) in [6.45, 7) is 5.35. The second-order valence-corrected chi connectivity index (χ2v) is 8.80. The number of fused-ring (bicyclic) bond motifs is 3. The quantitative estimate of drug-likeness (QED) is 0.462. The van der Waals surface area contributed by atoms with E-state index in [9.17, 15) is 9.59 Å². The van der Waals surface area contributed by atoms with Crippen LogP contribution >= 0.6 is 11.6 Å². The van der Waals surface area contributed by atoms with Crippen LogP contribution in [0.5, 0.6) is 5.75 Å². The van der Waals surface area contributed by atoms with Gasteiger partial charge in [-0.1, -0.05) is 35.4 Å². The highest BCUT2D eigenvalue weighted by Crippen LogP contribution is 2.38. The predicted octanol–water partition coefficient (Wildman–Crippen LogP) is 3.38. The van der Waals surface area contributed by atoms with Crippen LogP contribution in [-0.2, 0) is 20.1 Å². The maximum absolute atomic E-state index is 13.6. The molecule has 0 amide bonds. The van der Waals surface area contributed by atoms with Gasteiger partial charge in [-0.15, -0.1) is 0 Å². The average Bonchev–Trinajstić information content (AvgIpc) is 3.37. The first-order chi connectivity index (χ1) is 15.8. The molecule has 170 valence electrons. The number of aromatic nitrogens is 4. The Morgan fingerprint density at radius 2 is 1.88 bits per heavy atom. The Kier molecular flexibility index (Phi) is 5.05. The monoisotopic (exact) mass is 465 g/mol. The number of hydrogen-bond donors (Lipinski definition) is 0. The number of ether oxygens (including phenoxy) is 1. The zero-order chi connectivity index (χ0) is 23.4. The number of rotatable bonds is 4. The number of benzene rings is 2. The highest BCUT2D eigenvalue weighted by Gasteiger charge is 2.30. The molecule has 1 aliphatic heterocycles. The van der Waals surface area contributed by atoms with Gasteiger partial charge in [-0.2, -0.15) is 4.98 Å². The van der Waals surface area contributed by atoms with Crippen molar-refractivity contribution in [2.45, 2.75) is 26.9 Å². The molecular weight excluding hydrogens is 442 g/mol. The third-order valence-electron chi connectivity index (χ3n) is 6.27. The van der Waals surface area contributed by atoms with Gasteiger partial charge in [0.05, 0.1) is 19.3 Å². The maximum atomic E-state index is 13.6. The van der Waals surface area contributed by atoms with Gasteiger partial charge in [0.15, 0.2) is 11.2 Å². The summed E-state index contributed by atoms with van der Waals surface area (Å²) >= 11 is 6.24. The van der Waals surface area contributed by atoms with Crippen molar-refractivity contribution in [3.8, 4) is 5.75 Å². The van der Waals surface area contributed by atoms with Crippen LogP contribution in [0.15, 0.2) is 46.0 Å². The summed E-state index contributed by atoms with van der Waals surface area (Å²) in [5, 5.41) is 0.573. The van der Waals surface area contributed by atoms with Crippen LogP contribution in [0.1, 0.15) is 16.7 Å². The van der Waals surface area contributed by atoms with Gasteiger partial charge in [-0.3, -0.25) is 13.9 Å². The van der Waals surface area contributed by atoms with Crippen LogP contribution in [0.4, 0.5) is 11.6 Å². The van der Waals surface area contributed by atoms with Gasteiger partial charge in [0, 0.05) is 25.2 Å². The van der Waals surface area contributed by atoms with Crippen molar-refractivity contribution in [2.24, 2.45) is 7.05 Å². The Bertz CT molecular complexity index is 1530. The summed E-state index contributed by atoms with van der Waals surface area (Å²) in [6, 6.07) is 11.4. The first-order valence-electron chi connectivity index (χ1n) is 10.7. The predicted molar refractivity (Wildman–Crippen MR) is 129 cm³/mol. The molecular formula is C24H24ClN5O3. The molecule has 2 aromatic carbocycles. The van der Waals surface area contributed by atoms with E-state index in [2.05, 4.69) is 0 Å². The molecule has 2 aromatic heterocycles. The molecule has 9 heteroatoms. The highest BCUT2D eigenvalue weighted by molar-refractivity contribution is 6.31. The number of anilines is 2.